The molecular weight excluding hydrogens is 518 g/mol. The van der Waals surface area contributed by atoms with Gasteiger partial charge < -0.3 is 19.5 Å². The highest BCUT2D eigenvalue weighted by Gasteiger charge is 2.44. The minimum atomic E-state index is -0.798. The monoisotopic (exact) mass is 548 g/mol. The van der Waals surface area contributed by atoms with Gasteiger partial charge in [-0.2, -0.15) is 0 Å². The van der Waals surface area contributed by atoms with E-state index in [1.165, 1.54) is 18.7 Å². The lowest BCUT2D eigenvalue weighted by Crippen LogP contribution is -2.64. The number of benzene rings is 2. The normalized spacial score (nSPS) is 20.4. The van der Waals surface area contributed by atoms with Crippen LogP contribution in [0.1, 0.15) is 57.7 Å². The average Bonchev–Trinajstić information content (AvgIpc) is 2.96. The number of carbonyl (C=O) groups excluding carboxylic acids is 2. The lowest BCUT2D eigenvalue weighted by molar-refractivity contribution is -0.0514. The number of aromatic nitrogens is 1. The molecule has 8 nitrogen and oxygen atoms in total. The third-order valence-electron chi connectivity index (χ3n) is 8.11. The molecule has 2 amide bonds. The number of carbonyl (C=O) groups is 2. The van der Waals surface area contributed by atoms with Crippen LogP contribution in [-0.2, 0) is 19.7 Å². The first-order valence-electron chi connectivity index (χ1n) is 13.6. The Morgan fingerprint density at radius 2 is 1.85 bits per heavy atom. The van der Waals surface area contributed by atoms with Crippen LogP contribution < -0.4 is 15.5 Å². The molecule has 208 valence electrons. The van der Waals surface area contributed by atoms with Crippen molar-refractivity contribution in [3.05, 3.63) is 99.0 Å². The van der Waals surface area contributed by atoms with Crippen LogP contribution in [-0.4, -0.2) is 51.5 Å². The van der Waals surface area contributed by atoms with Crippen LogP contribution in [0.15, 0.2) is 59.5 Å². The van der Waals surface area contributed by atoms with Crippen molar-refractivity contribution in [2.24, 2.45) is 0 Å². The topological polar surface area (TPSA) is 83.9 Å². The summed E-state index contributed by atoms with van der Waals surface area (Å²) >= 11 is 0. The average molecular weight is 549 g/mol. The zero-order valence-electron chi connectivity index (χ0n) is 21.9. The Kier molecular flexibility index (Phi) is 7.10. The second kappa shape index (κ2) is 10.8. The van der Waals surface area contributed by atoms with E-state index in [-0.39, 0.29) is 47.8 Å². The Morgan fingerprint density at radius 3 is 2.65 bits per heavy atom. The number of piperidine rings is 1. The van der Waals surface area contributed by atoms with Gasteiger partial charge in [-0.1, -0.05) is 42.8 Å². The summed E-state index contributed by atoms with van der Waals surface area (Å²) in [5.74, 6) is -2.72. The number of nitrogens with one attached hydrogen (secondary N) is 1. The highest BCUT2D eigenvalue weighted by Crippen LogP contribution is 2.34. The van der Waals surface area contributed by atoms with Crippen LogP contribution in [0.5, 0.6) is 5.75 Å². The number of amides is 2. The highest BCUT2D eigenvalue weighted by molar-refractivity contribution is 5.99. The number of halogens is 2. The number of hydrogen-bond donors (Lipinski definition) is 1. The molecule has 10 heteroatoms. The number of nitrogens with zero attached hydrogens (tertiary/aromatic N) is 3. The molecule has 6 rings (SSSR count). The standard InChI is InChI=1S/C30H30F2N4O4/c31-21-10-9-20(24(32)14-21)15-33-29(38)23-16-34-17-25-35-12-5-4-8-22(35)11-13-36(25)30(39)26(34)28(27(23)37)40-18-19-6-2-1-3-7-19/h1-3,6-7,9-10,14,16,22,25H,4-5,8,11-13,15,17-18H2,(H,33,38)/t22-,25-/m0/s1. The predicted octanol–water partition coefficient (Wildman–Crippen LogP) is 3.68. The Morgan fingerprint density at radius 1 is 1.02 bits per heavy atom. The molecule has 40 heavy (non-hydrogen) atoms. The molecule has 0 unspecified atom stereocenters. The van der Waals surface area contributed by atoms with Crippen LogP contribution in [0.3, 0.4) is 0 Å². The summed E-state index contributed by atoms with van der Waals surface area (Å²) in [5, 5.41) is 2.56. The van der Waals surface area contributed by atoms with Crippen molar-refractivity contribution in [2.45, 2.75) is 57.6 Å². The Balaban J connectivity index is 1.35. The van der Waals surface area contributed by atoms with E-state index in [9.17, 15) is 23.2 Å². The molecule has 0 spiro atoms. The molecule has 3 aliphatic rings. The van der Waals surface area contributed by atoms with E-state index < -0.39 is 23.0 Å². The third-order valence-corrected chi connectivity index (χ3v) is 8.11. The molecule has 0 bridgehead atoms. The molecule has 2 saturated heterocycles. The van der Waals surface area contributed by atoms with Gasteiger partial charge in [0, 0.05) is 43.5 Å². The summed E-state index contributed by atoms with van der Waals surface area (Å²) < 4.78 is 35.1. The summed E-state index contributed by atoms with van der Waals surface area (Å²) in [7, 11) is 0. The van der Waals surface area contributed by atoms with Gasteiger partial charge in [-0.15, -0.1) is 0 Å². The Bertz CT molecular complexity index is 1510. The molecule has 2 atom stereocenters. The zero-order chi connectivity index (χ0) is 27.8. The quantitative estimate of drug-likeness (QED) is 0.508. The highest BCUT2D eigenvalue weighted by atomic mass is 19.1. The summed E-state index contributed by atoms with van der Waals surface area (Å²) in [4.78, 5) is 44.9. The fraction of sp³-hybridized carbons (Fsp3) is 0.367. The lowest BCUT2D eigenvalue weighted by Gasteiger charge is -2.52. The molecule has 3 aliphatic heterocycles. The molecule has 0 saturated carbocycles. The van der Waals surface area contributed by atoms with Gasteiger partial charge in [0.25, 0.3) is 11.8 Å². The fourth-order valence-electron chi connectivity index (χ4n) is 6.06. The van der Waals surface area contributed by atoms with Gasteiger partial charge >= 0.3 is 0 Å². The maximum Gasteiger partial charge on any atom is 0.275 e. The minimum Gasteiger partial charge on any atom is -0.483 e. The first-order chi connectivity index (χ1) is 19.4. The second-order valence-electron chi connectivity index (χ2n) is 10.5. The maximum absolute atomic E-state index is 14.1. The molecule has 1 aromatic heterocycles. The van der Waals surface area contributed by atoms with Crippen LogP contribution in [0, 0.1) is 11.6 Å². The minimum absolute atomic E-state index is 0.0415. The van der Waals surface area contributed by atoms with Gasteiger partial charge in [0.2, 0.25) is 5.43 Å². The number of ether oxygens (including phenoxy) is 1. The van der Waals surface area contributed by atoms with Crippen molar-refractivity contribution < 1.29 is 23.1 Å². The van der Waals surface area contributed by atoms with E-state index in [1.807, 2.05) is 35.2 Å². The van der Waals surface area contributed by atoms with Gasteiger partial charge in [-0.05, 0) is 30.9 Å². The summed E-state index contributed by atoms with van der Waals surface area (Å²) in [6.45, 7) is 1.69. The second-order valence-corrected chi connectivity index (χ2v) is 10.5. The first kappa shape index (κ1) is 26.2. The van der Waals surface area contributed by atoms with Crippen molar-refractivity contribution >= 4 is 11.8 Å². The van der Waals surface area contributed by atoms with Gasteiger partial charge in [-0.25, -0.2) is 8.78 Å². The Labute approximate surface area is 230 Å². The van der Waals surface area contributed by atoms with Crippen LogP contribution in [0.4, 0.5) is 8.78 Å². The van der Waals surface area contributed by atoms with E-state index in [0.717, 1.165) is 43.5 Å². The predicted molar refractivity (Wildman–Crippen MR) is 143 cm³/mol. The molecule has 4 heterocycles. The zero-order valence-corrected chi connectivity index (χ0v) is 21.9. The van der Waals surface area contributed by atoms with Crippen molar-refractivity contribution in [2.75, 3.05) is 13.1 Å². The SMILES string of the molecule is O=C(NCc1ccc(F)cc1F)c1cn2c(c(OCc3ccccc3)c1=O)C(=O)N1CC[C@@H]3CCCCN3[C@@H]1C2. The smallest absolute Gasteiger partial charge is 0.275 e. The molecular formula is C30H30F2N4O4. The third kappa shape index (κ3) is 4.88. The fourth-order valence-corrected chi connectivity index (χ4v) is 6.06. The Hall–Kier alpha value is -4.05. The maximum atomic E-state index is 14.1. The summed E-state index contributed by atoms with van der Waals surface area (Å²) in [6.07, 6.45) is 5.44. The van der Waals surface area contributed by atoms with Crippen LogP contribution in [0.2, 0.25) is 0 Å². The first-order valence-corrected chi connectivity index (χ1v) is 13.6. The van der Waals surface area contributed by atoms with Gasteiger partial charge in [0.05, 0.1) is 6.54 Å². The number of hydrogen-bond acceptors (Lipinski definition) is 5. The molecule has 0 radical (unpaired) electrons. The number of rotatable bonds is 6. The molecule has 2 aromatic carbocycles. The van der Waals surface area contributed by atoms with Crippen molar-refractivity contribution in [1.82, 2.24) is 19.7 Å². The largest absolute Gasteiger partial charge is 0.483 e. The van der Waals surface area contributed by atoms with E-state index in [0.29, 0.717) is 19.1 Å². The van der Waals surface area contributed by atoms with Crippen LogP contribution in [0.25, 0.3) is 0 Å². The van der Waals surface area contributed by atoms with E-state index >= 15 is 0 Å². The van der Waals surface area contributed by atoms with E-state index in [4.69, 9.17) is 4.74 Å². The lowest BCUT2D eigenvalue weighted by atomic mass is 9.94. The molecule has 0 aliphatic carbocycles. The van der Waals surface area contributed by atoms with Crippen molar-refractivity contribution in [3.63, 3.8) is 0 Å². The van der Waals surface area contributed by atoms with Gasteiger partial charge in [0.15, 0.2) is 11.4 Å². The summed E-state index contributed by atoms with van der Waals surface area (Å²) in [6, 6.07) is 12.7. The molecule has 3 aromatic rings. The van der Waals surface area contributed by atoms with E-state index in [2.05, 4.69) is 10.2 Å². The van der Waals surface area contributed by atoms with Crippen molar-refractivity contribution in [1.29, 1.82) is 0 Å². The molecule has 2 fully saturated rings. The molecule has 1 N–H and O–H groups in total. The number of pyridine rings is 1. The van der Waals surface area contributed by atoms with Crippen LogP contribution >= 0.6 is 0 Å². The van der Waals surface area contributed by atoms with Gasteiger partial charge in [0.1, 0.15) is 30.0 Å². The summed E-state index contributed by atoms with van der Waals surface area (Å²) in [5.41, 5.74) is 0.101. The van der Waals surface area contributed by atoms with Crippen molar-refractivity contribution in [3.8, 4) is 5.75 Å². The van der Waals surface area contributed by atoms with Gasteiger partial charge in [-0.3, -0.25) is 19.3 Å². The van der Waals surface area contributed by atoms with E-state index in [1.54, 1.807) is 4.57 Å². The number of fused-ring (bicyclic) bond motifs is 4.